The number of carboxylic acids is 1. The predicted molar refractivity (Wildman–Crippen MR) is 148 cm³/mol. The number of carboxylic acid groups (broad SMARTS) is 1. The van der Waals surface area contributed by atoms with E-state index in [4.69, 9.17) is 4.74 Å². The quantitative estimate of drug-likeness (QED) is 0.288. The molecule has 0 saturated carbocycles. The van der Waals surface area contributed by atoms with Crippen LogP contribution >= 0.6 is 0 Å². The van der Waals surface area contributed by atoms with Gasteiger partial charge < -0.3 is 9.84 Å². The second kappa shape index (κ2) is 11.3. The van der Waals surface area contributed by atoms with E-state index in [1.807, 2.05) is 45.0 Å². The van der Waals surface area contributed by atoms with Crippen molar-refractivity contribution in [1.82, 2.24) is 19.9 Å². The van der Waals surface area contributed by atoms with Crippen LogP contribution in [-0.4, -0.2) is 43.6 Å². The number of rotatable bonds is 8. The Labute approximate surface area is 232 Å². The highest BCUT2D eigenvalue weighted by Crippen LogP contribution is 2.37. The first-order chi connectivity index (χ1) is 19.2. The summed E-state index contributed by atoms with van der Waals surface area (Å²) in [5.41, 5.74) is 4.51. The van der Waals surface area contributed by atoms with E-state index >= 15 is 4.39 Å². The Balaban J connectivity index is 1.53. The molecule has 0 radical (unpaired) electrons. The molecule has 1 N–H and O–H groups in total. The minimum atomic E-state index is -1.02. The lowest BCUT2D eigenvalue weighted by atomic mass is 9.80. The van der Waals surface area contributed by atoms with Crippen LogP contribution in [0.25, 0.3) is 11.0 Å². The van der Waals surface area contributed by atoms with Gasteiger partial charge in [-0.1, -0.05) is 55.5 Å². The predicted octanol–water partition coefficient (Wildman–Crippen LogP) is 6.06. The van der Waals surface area contributed by atoms with Crippen LogP contribution in [-0.2, 0) is 24.4 Å². The lowest BCUT2D eigenvalue weighted by molar-refractivity contribution is -0.141. The molecule has 0 spiro atoms. The van der Waals surface area contributed by atoms with Gasteiger partial charge in [0.25, 0.3) is 0 Å². The van der Waals surface area contributed by atoms with E-state index in [0.29, 0.717) is 43.0 Å². The Morgan fingerprint density at radius 2 is 1.98 bits per heavy atom. The number of hydrogen-bond donors (Lipinski definition) is 1. The smallest absolute Gasteiger partial charge is 0.307 e. The fraction of sp³-hybridized carbons (Fsp3) is 0.387. The van der Waals surface area contributed by atoms with Crippen LogP contribution in [0, 0.1) is 24.5 Å². The van der Waals surface area contributed by atoms with Crippen molar-refractivity contribution in [2.45, 2.75) is 65.8 Å². The highest BCUT2D eigenvalue weighted by Gasteiger charge is 2.31. The number of fused-ring (bicyclic) bond motifs is 2. The van der Waals surface area contributed by atoms with Crippen LogP contribution in [0.2, 0.25) is 0 Å². The van der Waals surface area contributed by atoms with Crippen LogP contribution in [0.1, 0.15) is 60.9 Å². The monoisotopic (exact) mass is 548 g/mol. The highest BCUT2D eigenvalue weighted by molar-refractivity contribution is 5.78. The second-order valence-electron chi connectivity index (χ2n) is 10.6. The number of aliphatic carboxylic acids is 1. The number of benzene rings is 3. The van der Waals surface area contributed by atoms with E-state index in [-0.39, 0.29) is 23.0 Å². The van der Waals surface area contributed by atoms with Gasteiger partial charge in [0.05, 0.1) is 11.4 Å². The van der Waals surface area contributed by atoms with Crippen molar-refractivity contribution in [3.63, 3.8) is 0 Å². The van der Waals surface area contributed by atoms with Gasteiger partial charge in [0, 0.05) is 37.7 Å². The van der Waals surface area contributed by atoms with E-state index in [9.17, 15) is 14.3 Å². The molecule has 9 heteroatoms. The van der Waals surface area contributed by atoms with E-state index in [0.717, 1.165) is 23.1 Å². The maximum absolute atomic E-state index is 15.9. The topological polar surface area (TPSA) is 80.5 Å². The highest BCUT2D eigenvalue weighted by atomic mass is 19.1. The van der Waals surface area contributed by atoms with E-state index in [1.54, 1.807) is 29.8 Å². The standard InChI is InChI=1S/C31H34F2N4O3/c1-5-23-17-36(15-21-8-7-9-25(32)30(21)40-23)16-22-14-20(11-10-18(22)3)27(19(4)31(38)39)24-12-13-26-29(28(24)33)34-35-37(26)6-2/h7-14,19,23,27H,5-6,15-17H2,1-4H3,(H,38,39)/t19-,23?,27+/m1/s1. The Bertz CT molecular complexity index is 1550. The summed E-state index contributed by atoms with van der Waals surface area (Å²) in [6, 6.07) is 14.2. The van der Waals surface area contributed by atoms with Crippen molar-refractivity contribution in [1.29, 1.82) is 0 Å². The lowest BCUT2D eigenvalue weighted by Crippen LogP contribution is -2.32. The van der Waals surface area contributed by atoms with Gasteiger partial charge in [-0.2, -0.15) is 0 Å². The third kappa shape index (κ3) is 5.18. The molecule has 1 unspecified atom stereocenters. The minimum absolute atomic E-state index is 0.135. The molecule has 0 saturated heterocycles. The number of nitrogens with zero attached hydrogens (tertiary/aromatic N) is 4. The normalized spacial score (nSPS) is 17.2. The summed E-state index contributed by atoms with van der Waals surface area (Å²) in [5.74, 6) is -3.25. The molecule has 3 atom stereocenters. The van der Waals surface area contributed by atoms with Gasteiger partial charge in [-0.15, -0.1) is 5.10 Å². The molecule has 0 aliphatic carbocycles. The van der Waals surface area contributed by atoms with Crippen molar-refractivity contribution in [3.8, 4) is 5.75 Å². The number of ether oxygens (including phenoxy) is 1. The zero-order chi connectivity index (χ0) is 28.6. The summed E-state index contributed by atoms with van der Waals surface area (Å²) < 4.78 is 38.1. The van der Waals surface area contributed by atoms with Crippen LogP contribution in [0.3, 0.4) is 0 Å². The molecule has 0 fully saturated rings. The molecule has 2 heterocycles. The van der Waals surface area contributed by atoms with Gasteiger partial charge in [0.2, 0.25) is 0 Å². The van der Waals surface area contributed by atoms with E-state index < -0.39 is 23.6 Å². The first kappa shape index (κ1) is 27.7. The molecule has 3 aromatic carbocycles. The third-order valence-corrected chi connectivity index (χ3v) is 7.95. The molecule has 210 valence electrons. The summed E-state index contributed by atoms with van der Waals surface area (Å²) in [6.45, 7) is 9.74. The van der Waals surface area contributed by atoms with Gasteiger partial charge in [-0.3, -0.25) is 9.69 Å². The number of halogens is 2. The van der Waals surface area contributed by atoms with Crippen LogP contribution in [0.15, 0.2) is 48.5 Å². The van der Waals surface area contributed by atoms with Gasteiger partial charge in [-0.05, 0) is 54.7 Å². The minimum Gasteiger partial charge on any atom is -0.486 e. The van der Waals surface area contributed by atoms with Crippen LogP contribution in [0.5, 0.6) is 5.75 Å². The van der Waals surface area contributed by atoms with Crippen molar-refractivity contribution >= 4 is 17.0 Å². The number of aromatic nitrogens is 3. The Hall–Kier alpha value is -3.85. The summed E-state index contributed by atoms with van der Waals surface area (Å²) in [4.78, 5) is 14.4. The van der Waals surface area contributed by atoms with E-state index in [1.165, 1.54) is 6.07 Å². The molecule has 1 aromatic heterocycles. The molecule has 0 amide bonds. The lowest BCUT2D eigenvalue weighted by Gasteiger charge is -2.26. The first-order valence-corrected chi connectivity index (χ1v) is 13.7. The molecule has 7 nitrogen and oxygen atoms in total. The molecule has 1 aliphatic heterocycles. The van der Waals surface area contributed by atoms with Crippen molar-refractivity contribution in [2.75, 3.05) is 6.54 Å². The zero-order valence-electron chi connectivity index (χ0n) is 23.2. The first-order valence-electron chi connectivity index (χ1n) is 13.7. The Morgan fingerprint density at radius 3 is 2.70 bits per heavy atom. The van der Waals surface area contributed by atoms with Gasteiger partial charge >= 0.3 is 5.97 Å². The molecular formula is C31H34F2N4O3. The maximum Gasteiger partial charge on any atom is 0.307 e. The van der Waals surface area contributed by atoms with E-state index in [2.05, 4.69) is 15.2 Å². The second-order valence-corrected chi connectivity index (χ2v) is 10.6. The number of hydrogen-bond acceptors (Lipinski definition) is 5. The molecule has 5 rings (SSSR count). The zero-order valence-corrected chi connectivity index (χ0v) is 23.2. The molecule has 1 aliphatic rings. The van der Waals surface area contributed by atoms with Gasteiger partial charge in [0.15, 0.2) is 17.4 Å². The third-order valence-electron chi connectivity index (χ3n) is 7.95. The van der Waals surface area contributed by atoms with Crippen LogP contribution < -0.4 is 4.74 Å². The molecule has 0 bridgehead atoms. The number of carbonyl (C=O) groups is 1. The summed E-state index contributed by atoms with van der Waals surface area (Å²) in [6.07, 6.45) is 0.560. The van der Waals surface area contributed by atoms with Crippen molar-refractivity contribution < 1.29 is 23.4 Å². The summed E-state index contributed by atoms with van der Waals surface area (Å²) in [5, 5.41) is 18.1. The largest absolute Gasteiger partial charge is 0.486 e. The number of para-hydroxylation sites is 1. The maximum atomic E-state index is 15.9. The number of aryl methyl sites for hydroxylation is 2. The fourth-order valence-electron chi connectivity index (χ4n) is 5.61. The average Bonchev–Trinajstić information content (AvgIpc) is 3.27. The SMILES string of the molecule is CCC1CN(Cc2cc([C@@H](c3ccc4c(nnn4CC)c3F)[C@@H](C)C(=O)O)ccc2C)Cc2cccc(F)c2O1. The summed E-state index contributed by atoms with van der Waals surface area (Å²) >= 11 is 0. The Morgan fingerprint density at radius 1 is 1.18 bits per heavy atom. The molecular weight excluding hydrogens is 514 g/mol. The van der Waals surface area contributed by atoms with Crippen LogP contribution in [0.4, 0.5) is 8.78 Å². The summed E-state index contributed by atoms with van der Waals surface area (Å²) in [7, 11) is 0. The molecule has 40 heavy (non-hydrogen) atoms. The van der Waals surface area contributed by atoms with Gasteiger partial charge in [0.1, 0.15) is 11.6 Å². The van der Waals surface area contributed by atoms with Gasteiger partial charge in [-0.25, -0.2) is 13.5 Å². The Kier molecular flexibility index (Phi) is 7.85. The fourth-order valence-corrected chi connectivity index (χ4v) is 5.61. The average molecular weight is 549 g/mol. The molecule has 4 aromatic rings. The van der Waals surface area contributed by atoms with Crippen molar-refractivity contribution in [3.05, 3.63) is 88.0 Å². The van der Waals surface area contributed by atoms with Crippen molar-refractivity contribution in [2.24, 2.45) is 5.92 Å².